The fourth-order valence-corrected chi connectivity index (χ4v) is 2.43. The van der Waals surface area contributed by atoms with Gasteiger partial charge in [0.15, 0.2) is 0 Å². The number of nitrogens with zero attached hydrogens (tertiary/aromatic N) is 1. The van der Waals surface area contributed by atoms with Crippen LogP contribution in [0.1, 0.15) is 39.5 Å². The Morgan fingerprint density at radius 2 is 2.05 bits per heavy atom. The lowest BCUT2D eigenvalue weighted by atomic mass is 10.1. The van der Waals surface area contributed by atoms with Crippen LogP contribution in [0.2, 0.25) is 0 Å². The maximum atomic E-state index is 11.9. The Kier molecular flexibility index (Phi) is 5.79. The van der Waals surface area contributed by atoms with Crippen LogP contribution in [0.5, 0.6) is 0 Å². The van der Waals surface area contributed by atoms with Crippen molar-refractivity contribution in [1.82, 2.24) is 10.2 Å². The zero-order chi connectivity index (χ0) is 14.4. The quantitative estimate of drug-likeness (QED) is 0.710. The summed E-state index contributed by atoms with van der Waals surface area (Å²) in [6.45, 7) is 4.62. The van der Waals surface area contributed by atoms with Crippen LogP contribution in [0.3, 0.4) is 0 Å². The number of rotatable bonds is 7. The number of aliphatic carboxylic acids is 1. The van der Waals surface area contributed by atoms with Gasteiger partial charge in [-0.05, 0) is 12.8 Å². The molecule has 6 heteroatoms. The Bertz CT molecular complexity index is 353. The minimum Gasteiger partial charge on any atom is -0.481 e. The van der Waals surface area contributed by atoms with Crippen LogP contribution >= 0.6 is 0 Å². The molecule has 2 N–H and O–H groups in total. The highest BCUT2D eigenvalue weighted by atomic mass is 16.4. The normalized spacial score (nSPS) is 19.0. The molecule has 19 heavy (non-hydrogen) atoms. The molecule has 1 saturated heterocycles. The molecular weight excluding hydrogens is 248 g/mol. The zero-order valence-electron chi connectivity index (χ0n) is 11.5. The molecule has 0 radical (unpaired) electrons. The number of likely N-dealkylation sites (tertiary alicyclic amines) is 1. The molecule has 0 aromatic carbocycles. The van der Waals surface area contributed by atoms with Crippen LogP contribution in [0.15, 0.2) is 0 Å². The third-order valence-electron chi connectivity index (χ3n) is 3.55. The third kappa shape index (κ3) is 4.22. The second-order valence-corrected chi connectivity index (χ2v) is 4.85. The maximum Gasteiger partial charge on any atom is 0.305 e. The number of carboxylic acid groups (broad SMARTS) is 1. The lowest BCUT2D eigenvalue weighted by Crippen LogP contribution is -2.38. The number of carbonyl (C=O) groups excluding carboxylic acids is 2. The predicted octanol–water partition coefficient (Wildman–Crippen LogP) is 0.614. The summed E-state index contributed by atoms with van der Waals surface area (Å²) >= 11 is 0. The number of nitrogens with one attached hydrogen (secondary N) is 1. The van der Waals surface area contributed by atoms with Crippen molar-refractivity contribution in [3.8, 4) is 0 Å². The van der Waals surface area contributed by atoms with E-state index in [0.717, 1.165) is 12.8 Å². The molecule has 0 unspecified atom stereocenters. The van der Waals surface area contributed by atoms with E-state index >= 15 is 0 Å². The van der Waals surface area contributed by atoms with Gasteiger partial charge in [-0.2, -0.15) is 0 Å². The van der Waals surface area contributed by atoms with E-state index in [0.29, 0.717) is 6.54 Å². The van der Waals surface area contributed by atoms with E-state index in [-0.39, 0.29) is 43.2 Å². The molecule has 1 aliphatic rings. The van der Waals surface area contributed by atoms with Crippen LogP contribution in [0, 0.1) is 5.92 Å². The second kappa shape index (κ2) is 7.11. The molecule has 108 valence electrons. The molecule has 1 rings (SSSR count). The number of hydrogen-bond acceptors (Lipinski definition) is 3. The van der Waals surface area contributed by atoms with E-state index in [1.165, 1.54) is 0 Å². The lowest BCUT2D eigenvalue weighted by molar-refractivity contribution is -0.137. The molecule has 0 bridgehead atoms. The van der Waals surface area contributed by atoms with Gasteiger partial charge in [0.25, 0.3) is 0 Å². The van der Waals surface area contributed by atoms with Gasteiger partial charge in [-0.25, -0.2) is 0 Å². The molecule has 2 amide bonds. The average molecular weight is 270 g/mol. The minimum atomic E-state index is -0.943. The summed E-state index contributed by atoms with van der Waals surface area (Å²) < 4.78 is 0. The molecule has 1 atom stereocenters. The third-order valence-corrected chi connectivity index (χ3v) is 3.55. The van der Waals surface area contributed by atoms with Crippen LogP contribution in [-0.4, -0.2) is 46.9 Å². The van der Waals surface area contributed by atoms with Gasteiger partial charge in [0.1, 0.15) is 0 Å². The van der Waals surface area contributed by atoms with E-state index in [1.807, 2.05) is 13.8 Å². The van der Waals surface area contributed by atoms with Crippen LogP contribution in [-0.2, 0) is 14.4 Å². The van der Waals surface area contributed by atoms with Crippen molar-refractivity contribution >= 4 is 17.8 Å². The number of carboxylic acids is 1. The molecule has 0 aliphatic carbocycles. The van der Waals surface area contributed by atoms with Crippen molar-refractivity contribution in [3.63, 3.8) is 0 Å². The Morgan fingerprint density at radius 3 is 2.58 bits per heavy atom. The van der Waals surface area contributed by atoms with Crippen molar-refractivity contribution in [2.24, 2.45) is 5.92 Å². The molecule has 1 heterocycles. The number of amides is 2. The Balaban J connectivity index is 2.47. The summed E-state index contributed by atoms with van der Waals surface area (Å²) in [5, 5.41) is 11.1. The zero-order valence-corrected chi connectivity index (χ0v) is 11.5. The van der Waals surface area contributed by atoms with Crippen molar-refractivity contribution in [2.75, 3.05) is 13.1 Å². The minimum absolute atomic E-state index is 0.0204. The van der Waals surface area contributed by atoms with Gasteiger partial charge in [-0.15, -0.1) is 0 Å². The molecule has 0 spiro atoms. The predicted molar refractivity (Wildman–Crippen MR) is 69.5 cm³/mol. The summed E-state index contributed by atoms with van der Waals surface area (Å²) in [5.74, 6) is -1.49. The molecular formula is C13H22N2O4. The largest absolute Gasteiger partial charge is 0.481 e. The topological polar surface area (TPSA) is 86.7 Å². The monoisotopic (exact) mass is 270 g/mol. The highest BCUT2D eigenvalue weighted by molar-refractivity contribution is 5.89. The first kappa shape index (κ1) is 15.5. The molecule has 1 aliphatic heterocycles. The van der Waals surface area contributed by atoms with Crippen molar-refractivity contribution in [1.29, 1.82) is 0 Å². The van der Waals surface area contributed by atoms with Gasteiger partial charge in [-0.1, -0.05) is 13.8 Å². The molecule has 0 saturated carbocycles. The van der Waals surface area contributed by atoms with Gasteiger partial charge in [0.2, 0.25) is 11.8 Å². The first-order valence-corrected chi connectivity index (χ1v) is 6.78. The fraction of sp³-hybridized carbons (Fsp3) is 0.769. The highest BCUT2D eigenvalue weighted by Gasteiger charge is 2.36. The molecule has 0 aromatic rings. The van der Waals surface area contributed by atoms with Gasteiger partial charge in [0, 0.05) is 25.6 Å². The summed E-state index contributed by atoms with van der Waals surface area (Å²) in [4.78, 5) is 35.9. The van der Waals surface area contributed by atoms with Crippen LogP contribution in [0.4, 0.5) is 0 Å². The number of carbonyl (C=O) groups is 3. The van der Waals surface area contributed by atoms with Crippen LogP contribution in [0.25, 0.3) is 0 Å². The van der Waals surface area contributed by atoms with E-state index in [2.05, 4.69) is 5.32 Å². The SMILES string of the molecule is CCC(CC)N1C[C@H](C(=O)NCCC(=O)O)CC1=O. The Hall–Kier alpha value is -1.59. The number of hydrogen-bond donors (Lipinski definition) is 2. The van der Waals surface area contributed by atoms with Crippen molar-refractivity contribution < 1.29 is 19.5 Å². The van der Waals surface area contributed by atoms with Crippen molar-refractivity contribution in [3.05, 3.63) is 0 Å². The van der Waals surface area contributed by atoms with Gasteiger partial charge < -0.3 is 15.3 Å². The van der Waals surface area contributed by atoms with Gasteiger partial charge in [0.05, 0.1) is 12.3 Å². The first-order chi connectivity index (χ1) is 8.99. The lowest BCUT2D eigenvalue weighted by Gasteiger charge is -2.26. The molecule has 1 fully saturated rings. The maximum absolute atomic E-state index is 11.9. The van der Waals surface area contributed by atoms with Gasteiger partial charge >= 0.3 is 5.97 Å². The summed E-state index contributed by atoms with van der Waals surface area (Å²) in [6, 6.07) is 0.198. The summed E-state index contributed by atoms with van der Waals surface area (Å²) in [5.41, 5.74) is 0. The van der Waals surface area contributed by atoms with E-state index < -0.39 is 5.97 Å². The Morgan fingerprint density at radius 1 is 1.42 bits per heavy atom. The summed E-state index contributed by atoms with van der Waals surface area (Å²) in [7, 11) is 0. The van der Waals surface area contributed by atoms with Gasteiger partial charge in [-0.3, -0.25) is 14.4 Å². The second-order valence-electron chi connectivity index (χ2n) is 4.85. The van der Waals surface area contributed by atoms with E-state index in [4.69, 9.17) is 5.11 Å². The van der Waals surface area contributed by atoms with Crippen molar-refractivity contribution in [2.45, 2.75) is 45.6 Å². The van der Waals surface area contributed by atoms with E-state index in [1.54, 1.807) is 4.90 Å². The van der Waals surface area contributed by atoms with Crippen LogP contribution < -0.4 is 5.32 Å². The highest BCUT2D eigenvalue weighted by Crippen LogP contribution is 2.23. The molecule has 6 nitrogen and oxygen atoms in total. The molecule has 0 aromatic heterocycles. The summed E-state index contributed by atoms with van der Waals surface area (Å²) in [6.07, 6.45) is 1.91. The Labute approximate surface area is 113 Å². The fourth-order valence-electron chi connectivity index (χ4n) is 2.43. The first-order valence-electron chi connectivity index (χ1n) is 6.78. The standard InChI is InChI=1S/C13H22N2O4/c1-3-10(4-2)15-8-9(7-11(15)16)13(19)14-6-5-12(17)18/h9-10H,3-8H2,1-2H3,(H,14,19)(H,17,18)/t9-/m1/s1. The smallest absolute Gasteiger partial charge is 0.305 e. The van der Waals surface area contributed by atoms with E-state index in [9.17, 15) is 14.4 Å². The average Bonchev–Trinajstić information content (AvgIpc) is 2.73.